The maximum absolute atomic E-state index is 13.6. The van der Waals surface area contributed by atoms with Crippen molar-refractivity contribution in [2.75, 3.05) is 26.2 Å². The molecule has 0 spiro atoms. The van der Waals surface area contributed by atoms with Gasteiger partial charge in [0.25, 0.3) is 5.91 Å². The maximum Gasteiger partial charge on any atom is 0.254 e. The molecule has 1 fully saturated rings. The van der Waals surface area contributed by atoms with E-state index in [0.717, 1.165) is 46.8 Å². The fourth-order valence-corrected chi connectivity index (χ4v) is 5.11. The van der Waals surface area contributed by atoms with Crippen molar-refractivity contribution in [3.63, 3.8) is 0 Å². The van der Waals surface area contributed by atoms with Gasteiger partial charge in [0.15, 0.2) is 0 Å². The summed E-state index contributed by atoms with van der Waals surface area (Å²) in [5.41, 5.74) is 8.03. The standard InChI is InChI=1S/C32H29FN4O/c1-23-10-12-25(13-11-23)31-29(37-21-27(14-15-30(37)34-31)24-6-3-2-4-7-24)22-35-16-18-36(19-17-35)32(38)26-8-5-9-28(33)20-26/h2-15,20-21H,16-19,22H2,1H3. The van der Waals surface area contributed by atoms with Crippen molar-refractivity contribution >= 4 is 11.6 Å². The van der Waals surface area contributed by atoms with Crippen LogP contribution >= 0.6 is 0 Å². The van der Waals surface area contributed by atoms with Crippen LogP contribution in [0.3, 0.4) is 0 Å². The molecule has 2 aromatic heterocycles. The summed E-state index contributed by atoms with van der Waals surface area (Å²) in [6, 6.07) is 29.0. The van der Waals surface area contributed by atoms with Gasteiger partial charge >= 0.3 is 0 Å². The van der Waals surface area contributed by atoms with E-state index in [9.17, 15) is 9.18 Å². The Bertz CT molecular complexity index is 1590. The zero-order chi connectivity index (χ0) is 26.1. The maximum atomic E-state index is 13.6. The molecule has 1 amide bonds. The second kappa shape index (κ2) is 10.2. The van der Waals surface area contributed by atoms with Gasteiger partial charge in [-0.2, -0.15) is 0 Å². The van der Waals surface area contributed by atoms with Crippen LogP contribution in [0.15, 0.2) is 97.2 Å². The largest absolute Gasteiger partial charge is 0.336 e. The molecule has 0 atom stereocenters. The molecule has 0 bridgehead atoms. The molecule has 1 aliphatic rings. The van der Waals surface area contributed by atoms with Crippen LogP contribution in [-0.4, -0.2) is 51.3 Å². The number of rotatable bonds is 5. The van der Waals surface area contributed by atoms with Crippen molar-refractivity contribution in [1.29, 1.82) is 0 Å². The normalized spacial score (nSPS) is 14.2. The highest BCUT2D eigenvalue weighted by atomic mass is 19.1. The number of hydrogen-bond acceptors (Lipinski definition) is 3. The fraction of sp³-hybridized carbons (Fsp3) is 0.188. The van der Waals surface area contributed by atoms with Crippen molar-refractivity contribution in [1.82, 2.24) is 19.2 Å². The number of imidazole rings is 1. The number of carbonyl (C=O) groups excluding carboxylic acids is 1. The third-order valence-corrected chi connectivity index (χ3v) is 7.25. The van der Waals surface area contributed by atoms with Gasteiger partial charge < -0.3 is 9.30 Å². The van der Waals surface area contributed by atoms with Crippen molar-refractivity contribution < 1.29 is 9.18 Å². The Morgan fingerprint density at radius 2 is 1.55 bits per heavy atom. The van der Waals surface area contributed by atoms with Gasteiger partial charge in [0.05, 0.1) is 11.4 Å². The average molecular weight is 505 g/mol. The number of halogens is 1. The average Bonchev–Trinajstić information content (AvgIpc) is 3.31. The molecule has 190 valence electrons. The minimum atomic E-state index is -0.388. The Morgan fingerprint density at radius 3 is 2.29 bits per heavy atom. The monoisotopic (exact) mass is 504 g/mol. The molecule has 6 heteroatoms. The molecule has 38 heavy (non-hydrogen) atoms. The lowest BCUT2D eigenvalue weighted by molar-refractivity contribution is 0.0626. The van der Waals surface area contributed by atoms with Gasteiger partial charge in [-0.3, -0.25) is 9.69 Å². The van der Waals surface area contributed by atoms with E-state index >= 15 is 0 Å². The zero-order valence-electron chi connectivity index (χ0n) is 21.3. The van der Waals surface area contributed by atoms with Crippen LogP contribution in [0.2, 0.25) is 0 Å². The number of amides is 1. The third-order valence-electron chi connectivity index (χ3n) is 7.25. The quantitative estimate of drug-likeness (QED) is 0.292. The van der Waals surface area contributed by atoms with Crippen molar-refractivity contribution in [2.24, 2.45) is 0 Å². The second-order valence-corrected chi connectivity index (χ2v) is 9.86. The summed E-state index contributed by atoms with van der Waals surface area (Å²) in [6.45, 7) is 5.47. The number of benzene rings is 3. The van der Waals surface area contributed by atoms with E-state index < -0.39 is 0 Å². The zero-order valence-corrected chi connectivity index (χ0v) is 21.3. The first-order valence-corrected chi connectivity index (χ1v) is 13.0. The predicted molar refractivity (Wildman–Crippen MR) is 148 cm³/mol. The van der Waals surface area contributed by atoms with Gasteiger partial charge in [-0.15, -0.1) is 0 Å². The van der Waals surface area contributed by atoms with E-state index in [4.69, 9.17) is 4.98 Å². The Hall–Kier alpha value is -4.29. The summed E-state index contributed by atoms with van der Waals surface area (Å²) in [5.74, 6) is -0.507. The number of fused-ring (bicyclic) bond motifs is 1. The summed E-state index contributed by atoms with van der Waals surface area (Å²) in [7, 11) is 0. The molecule has 3 aromatic carbocycles. The van der Waals surface area contributed by atoms with Gasteiger partial charge in [0, 0.05) is 50.0 Å². The predicted octanol–water partition coefficient (Wildman–Crippen LogP) is 6.07. The molecular weight excluding hydrogens is 475 g/mol. The number of nitrogens with zero attached hydrogens (tertiary/aromatic N) is 4. The van der Waals surface area contributed by atoms with Crippen molar-refractivity contribution in [3.05, 3.63) is 120 Å². The Labute approximate surface area is 221 Å². The van der Waals surface area contributed by atoms with Crippen molar-refractivity contribution in [3.8, 4) is 22.4 Å². The van der Waals surface area contributed by atoms with Crippen LogP contribution < -0.4 is 0 Å². The molecular formula is C32H29FN4O. The minimum absolute atomic E-state index is 0.119. The Kier molecular flexibility index (Phi) is 6.48. The Morgan fingerprint density at radius 1 is 0.816 bits per heavy atom. The minimum Gasteiger partial charge on any atom is -0.336 e. The molecule has 0 aliphatic carbocycles. The third kappa shape index (κ3) is 4.83. The van der Waals surface area contributed by atoms with Crippen molar-refractivity contribution in [2.45, 2.75) is 13.5 Å². The number of hydrogen-bond donors (Lipinski definition) is 0. The molecule has 5 aromatic rings. The first-order chi connectivity index (χ1) is 18.5. The number of piperazine rings is 1. The molecule has 0 unspecified atom stereocenters. The summed E-state index contributed by atoms with van der Waals surface area (Å²) in [5, 5.41) is 0. The van der Waals surface area contributed by atoms with Crippen LogP contribution in [-0.2, 0) is 6.54 Å². The van der Waals surface area contributed by atoms with Gasteiger partial charge in [0.1, 0.15) is 11.5 Å². The highest BCUT2D eigenvalue weighted by molar-refractivity contribution is 5.94. The van der Waals surface area contributed by atoms with Gasteiger partial charge in [0.2, 0.25) is 0 Å². The first kappa shape index (κ1) is 24.1. The smallest absolute Gasteiger partial charge is 0.254 e. The molecule has 3 heterocycles. The van der Waals surface area contributed by atoms with E-state index in [1.54, 1.807) is 12.1 Å². The summed E-state index contributed by atoms with van der Waals surface area (Å²) >= 11 is 0. The first-order valence-electron chi connectivity index (χ1n) is 13.0. The molecule has 0 saturated carbocycles. The fourth-order valence-electron chi connectivity index (χ4n) is 5.11. The lowest BCUT2D eigenvalue weighted by Gasteiger charge is -2.34. The lowest BCUT2D eigenvalue weighted by Crippen LogP contribution is -2.48. The van der Waals surface area contributed by atoms with Crippen LogP contribution in [0.1, 0.15) is 21.6 Å². The van der Waals surface area contributed by atoms with Gasteiger partial charge in [-0.25, -0.2) is 9.37 Å². The number of carbonyl (C=O) groups is 1. The SMILES string of the molecule is Cc1ccc(-c2nc3ccc(-c4ccccc4)cn3c2CN2CCN(C(=O)c3cccc(F)c3)CC2)cc1. The second-order valence-electron chi connectivity index (χ2n) is 9.86. The molecule has 1 saturated heterocycles. The highest BCUT2D eigenvalue weighted by Crippen LogP contribution is 2.29. The number of aromatic nitrogens is 2. The number of aryl methyl sites for hydroxylation is 1. The van der Waals surface area contributed by atoms with Crippen LogP contribution in [0.4, 0.5) is 4.39 Å². The summed E-state index contributed by atoms with van der Waals surface area (Å²) in [6.07, 6.45) is 2.18. The lowest BCUT2D eigenvalue weighted by atomic mass is 10.1. The van der Waals surface area contributed by atoms with Crippen LogP contribution in [0, 0.1) is 12.7 Å². The van der Waals surface area contributed by atoms with E-state index in [0.29, 0.717) is 25.2 Å². The van der Waals surface area contributed by atoms with Crippen LogP contribution in [0.5, 0.6) is 0 Å². The van der Waals surface area contributed by atoms with Gasteiger partial charge in [-0.1, -0.05) is 66.2 Å². The Balaban J connectivity index is 1.29. The molecule has 1 aliphatic heterocycles. The number of pyridine rings is 1. The van der Waals surface area contributed by atoms with E-state index in [1.807, 2.05) is 11.0 Å². The summed E-state index contributed by atoms with van der Waals surface area (Å²) < 4.78 is 15.9. The highest BCUT2D eigenvalue weighted by Gasteiger charge is 2.25. The molecule has 0 N–H and O–H groups in total. The summed E-state index contributed by atoms with van der Waals surface area (Å²) in [4.78, 5) is 22.1. The van der Waals surface area contributed by atoms with E-state index in [1.165, 1.54) is 17.7 Å². The van der Waals surface area contributed by atoms with E-state index in [-0.39, 0.29) is 11.7 Å². The molecule has 0 radical (unpaired) electrons. The molecule has 5 nitrogen and oxygen atoms in total. The topological polar surface area (TPSA) is 40.9 Å². The van der Waals surface area contributed by atoms with Crippen LogP contribution in [0.25, 0.3) is 28.0 Å². The molecule has 6 rings (SSSR count). The van der Waals surface area contributed by atoms with Gasteiger partial charge in [-0.05, 0) is 48.4 Å². The van der Waals surface area contributed by atoms with E-state index in [2.05, 4.69) is 83.1 Å².